The van der Waals surface area contributed by atoms with Crippen LogP contribution in [0, 0.1) is 0 Å². The molecule has 0 bridgehead atoms. The molecule has 0 spiro atoms. The Morgan fingerprint density at radius 3 is 2.83 bits per heavy atom. The van der Waals surface area contributed by atoms with Crippen LogP contribution in [-0.2, 0) is 20.1 Å². The van der Waals surface area contributed by atoms with Crippen molar-refractivity contribution < 1.29 is 4.74 Å². The number of hydrogen-bond donors (Lipinski definition) is 2. The van der Waals surface area contributed by atoms with Crippen molar-refractivity contribution in [3.63, 3.8) is 0 Å². The number of ether oxygens (including phenoxy) is 1. The Kier molecular flexibility index (Phi) is 8.38. The van der Waals surface area contributed by atoms with E-state index in [0.29, 0.717) is 13.1 Å². The first-order valence-corrected chi connectivity index (χ1v) is 7.21. The molecule has 0 amide bonds. The summed E-state index contributed by atoms with van der Waals surface area (Å²) < 4.78 is 7.09. The molecule has 0 aliphatic heterocycles. The Balaban J connectivity index is 0.00000264. The molecule has 0 fully saturated rings. The largest absolute Gasteiger partial charge is 0.497 e. The van der Waals surface area contributed by atoms with E-state index < -0.39 is 0 Å². The lowest BCUT2D eigenvalue weighted by Gasteiger charge is -2.11. The highest BCUT2D eigenvalue weighted by molar-refractivity contribution is 14.0. The summed E-state index contributed by atoms with van der Waals surface area (Å²) in [5.74, 6) is 2.44. The molecule has 1 aromatic heterocycles. The molecule has 0 saturated carbocycles. The second-order valence-electron chi connectivity index (χ2n) is 4.76. The van der Waals surface area contributed by atoms with Crippen LogP contribution in [0.3, 0.4) is 0 Å². The van der Waals surface area contributed by atoms with Crippen molar-refractivity contribution in [1.29, 1.82) is 0 Å². The highest BCUT2D eigenvalue weighted by atomic mass is 127. The predicted octanol–water partition coefficient (Wildman–Crippen LogP) is 1.70. The number of guanidine groups is 1. The van der Waals surface area contributed by atoms with Crippen molar-refractivity contribution in [1.82, 2.24) is 25.4 Å². The maximum Gasteiger partial charge on any atom is 0.191 e. The molecule has 2 aromatic rings. The van der Waals surface area contributed by atoms with Crippen LogP contribution in [0.4, 0.5) is 0 Å². The van der Waals surface area contributed by atoms with Gasteiger partial charge in [-0.2, -0.15) is 0 Å². The number of rotatable bonds is 6. The van der Waals surface area contributed by atoms with Crippen LogP contribution in [-0.4, -0.2) is 34.4 Å². The van der Waals surface area contributed by atoms with Gasteiger partial charge in [-0.15, -0.1) is 34.2 Å². The summed E-state index contributed by atoms with van der Waals surface area (Å²) in [4.78, 5) is 4.57. The Hall–Kier alpha value is -1.84. The number of hydrogen-bond acceptors (Lipinski definition) is 4. The third-order valence-corrected chi connectivity index (χ3v) is 3.12. The van der Waals surface area contributed by atoms with Crippen LogP contribution in [0.5, 0.6) is 5.75 Å². The standard InChI is InChI=1S/C15H22N6O.HI/c1-4-16-15(18-10-14-20-19-11-21(14)2)17-9-12-6-5-7-13(8-12)22-3;/h5-8,11H,4,9-10H2,1-3H3,(H2,16,17,18);1H. The molecule has 1 aromatic carbocycles. The van der Waals surface area contributed by atoms with Crippen molar-refractivity contribution in [3.05, 3.63) is 42.0 Å². The summed E-state index contributed by atoms with van der Waals surface area (Å²) in [6.45, 7) is 3.97. The number of halogens is 1. The van der Waals surface area contributed by atoms with Gasteiger partial charge in [-0.1, -0.05) is 12.1 Å². The molecular weight excluding hydrogens is 407 g/mol. The lowest BCUT2D eigenvalue weighted by molar-refractivity contribution is 0.414. The maximum absolute atomic E-state index is 5.22. The van der Waals surface area contributed by atoms with Gasteiger partial charge in [0.15, 0.2) is 11.8 Å². The lowest BCUT2D eigenvalue weighted by Crippen LogP contribution is -2.37. The number of nitrogens with zero attached hydrogens (tertiary/aromatic N) is 4. The van der Waals surface area contributed by atoms with Gasteiger partial charge in [0.2, 0.25) is 0 Å². The molecule has 0 aliphatic rings. The SMILES string of the molecule is CCNC(=NCc1cccc(OC)c1)NCc1nncn1C.I. The number of methoxy groups -OCH3 is 1. The van der Waals surface area contributed by atoms with E-state index >= 15 is 0 Å². The Morgan fingerprint density at radius 2 is 2.17 bits per heavy atom. The van der Waals surface area contributed by atoms with Gasteiger partial charge in [-0.25, -0.2) is 4.99 Å². The zero-order valence-electron chi connectivity index (χ0n) is 13.6. The maximum atomic E-state index is 5.22. The smallest absolute Gasteiger partial charge is 0.191 e. The van der Waals surface area contributed by atoms with E-state index in [1.807, 2.05) is 42.8 Å². The second kappa shape index (κ2) is 10.0. The summed E-state index contributed by atoms with van der Waals surface area (Å²) in [5.41, 5.74) is 1.09. The fourth-order valence-corrected chi connectivity index (χ4v) is 1.91. The van der Waals surface area contributed by atoms with E-state index in [-0.39, 0.29) is 24.0 Å². The first-order valence-electron chi connectivity index (χ1n) is 7.21. The van der Waals surface area contributed by atoms with E-state index in [4.69, 9.17) is 4.74 Å². The van der Waals surface area contributed by atoms with Gasteiger partial charge in [-0.05, 0) is 24.6 Å². The average Bonchev–Trinajstić information content (AvgIpc) is 2.95. The van der Waals surface area contributed by atoms with Gasteiger partial charge in [0, 0.05) is 13.6 Å². The van der Waals surface area contributed by atoms with Crippen LogP contribution >= 0.6 is 24.0 Å². The summed E-state index contributed by atoms with van der Waals surface area (Å²) in [7, 11) is 3.58. The van der Waals surface area contributed by atoms with Crippen LogP contribution < -0.4 is 15.4 Å². The molecule has 23 heavy (non-hydrogen) atoms. The minimum Gasteiger partial charge on any atom is -0.497 e. The molecule has 0 aliphatic carbocycles. The Labute approximate surface area is 153 Å². The molecule has 7 nitrogen and oxygen atoms in total. The zero-order chi connectivity index (χ0) is 15.8. The summed E-state index contributed by atoms with van der Waals surface area (Å²) >= 11 is 0. The minimum atomic E-state index is 0. The normalized spacial score (nSPS) is 10.8. The molecule has 0 unspecified atom stereocenters. The van der Waals surface area contributed by atoms with Crippen molar-refractivity contribution in [2.45, 2.75) is 20.0 Å². The van der Waals surface area contributed by atoms with E-state index in [2.05, 4.69) is 25.8 Å². The summed E-state index contributed by atoms with van der Waals surface area (Å²) in [6.07, 6.45) is 1.68. The number of benzene rings is 1. The molecule has 0 radical (unpaired) electrons. The minimum absolute atomic E-state index is 0. The first-order chi connectivity index (χ1) is 10.7. The van der Waals surface area contributed by atoms with Crippen LogP contribution in [0.1, 0.15) is 18.3 Å². The van der Waals surface area contributed by atoms with Gasteiger partial charge in [0.1, 0.15) is 12.1 Å². The molecule has 2 N–H and O–H groups in total. The van der Waals surface area contributed by atoms with Crippen LogP contribution in [0.2, 0.25) is 0 Å². The van der Waals surface area contributed by atoms with Crippen molar-refractivity contribution in [2.24, 2.45) is 12.0 Å². The molecule has 2 rings (SSSR count). The highest BCUT2D eigenvalue weighted by Gasteiger charge is 2.03. The zero-order valence-corrected chi connectivity index (χ0v) is 15.9. The van der Waals surface area contributed by atoms with Gasteiger partial charge < -0.3 is 19.9 Å². The second-order valence-corrected chi connectivity index (χ2v) is 4.76. The van der Waals surface area contributed by atoms with E-state index in [1.54, 1.807) is 13.4 Å². The number of aliphatic imine (C=N–C) groups is 1. The van der Waals surface area contributed by atoms with Gasteiger partial charge in [0.25, 0.3) is 0 Å². The molecule has 0 atom stereocenters. The molecule has 126 valence electrons. The van der Waals surface area contributed by atoms with E-state index in [0.717, 1.165) is 29.6 Å². The fourth-order valence-electron chi connectivity index (χ4n) is 1.91. The van der Waals surface area contributed by atoms with Crippen molar-refractivity contribution in [3.8, 4) is 5.75 Å². The Morgan fingerprint density at radius 1 is 1.35 bits per heavy atom. The average molecular weight is 430 g/mol. The quantitative estimate of drug-likeness (QED) is 0.415. The number of aryl methyl sites for hydroxylation is 1. The first kappa shape index (κ1) is 19.2. The number of nitrogens with one attached hydrogen (secondary N) is 2. The van der Waals surface area contributed by atoms with Gasteiger partial charge in [0.05, 0.1) is 20.2 Å². The van der Waals surface area contributed by atoms with E-state index in [1.165, 1.54) is 0 Å². The third kappa shape index (κ3) is 6.05. The molecular formula is C15H23IN6O. The Bertz CT molecular complexity index is 628. The topological polar surface area (TPSA) is 76.4 Å². The van der Waals surface area contributed by atoms with Crippen LogP contribution in [0.25, 0.3) is 0 Å². The summed E-state index contributed by atoms with van der Waals surface area (Å²) in [5, 5.41) is 14.4. The number of aromatic nitrogens is 3. The fraction of sp³-hybridized carbons (Fsp3) is 0.400. The molecule has 0 saturated heterocycles. The van der Waals surface area contributed by atoms with Crippen molar-refractivity contribution >= 4 is 29.9 Å². The highest BCUT2D eigenvalue weighted by Crippen LogP contribution is 2.13. The van der Waals surface area contributed by atoms with Crippen LogP contribution in [0.15, 0.2) is 35.6 Å². The van der Waals surface area contributed by atoms with Crippen molar-refractivity contribution in [2.75, 3.05) is 13.7 Å². The van der Waals surface area contributed by atoms with E-state index in [9.17, 15) is 0 Å². The van der Waals surface area contributed by atoms with Gasteiger partial charge in [-0.3, -0.25) is 0 Å². The predicted molar refractivity (Wildman–Crippen MR) is 101 cm³/mol. The third-order valence-electron chi connectivity index (χ3n) is 3.12. The monoisotopic (exact) mass is 430 g/mol. The molecule has 1 heterocycles. The summed E-state index contributed by atoms with van der Waals surface area (Å²) in [6, 6.07) is 7.89. The lowest BCUT2D eigenvalue weighted by atomic mass is 10.2. The van der Waals surface area contributed by atoms with Gasteiger partial charge >= 0.3 is 0 Å². The molecule has 8 heteroatoms.